The van der Waals surface area contributed by atoms with Gasteiger partial charge >= 0.3 is 0 Å². The molecule has 0 saturated carbocycles. The molecular weight excluding hydrogens is 222 g/mol. The van der Waals surface area contributed by atoms with E-state index in [4.69, 9.17) is 4.74 Å². The fourth-order valence-corrected chi connectivity index (χ4v) is 1.59. The van der Waals surface area contributed by atoms with Crippen LogP contribution >= 0.6 is 0 Å². The third kappa shape index (κ3) is 5.65. The molecule has 0 aliphatic carbocycles. The van der Waals surface area contributed by atoms with Crippen molar-refractivity contribution >= 4 is 0 Å². The summed E-state index contributed by atoms with van der Waals surface area (Å²) in [7, 11) is 0. The molecule has 0 heterocycles. The van der Waals surface area contributed by atoms with Crippen LogP contribution in [0.5, 0.6) is 0 Å². The highest BCUT2D eigenvalue weighted by Crippen LogP contribution is 2.16. The number of likely N-dealkylation sites (N-methyl/N-ethyl adjacent to an activating group) is 1. The molecule has 0 aliphatic rings. The largest absolute Gasteiger partial charge is 0.371 e. The highest BCUT2D eigenvalue weighted by atomic mass is 16.5. The summed E-state index contributed by atoms with van der Waals surface area (Å²) in [6, 6.07) is 8.75. The summed E-state index contributed by atoms with van der Waals surface area (Å²) in [6.07, 6.45) is 2.13. The van der Waals surface area contributed by atoms with E-state index in [1.165, 1.54) is 11.1 Å². The highest BCUT2D eigenvalue weighted by Gasteiger charge is 2.14. The number of benzene rings is 1. The summed E-state index contributed by atoms with van der Waals surface area (Å²) in [4.78, 5) is 0. The Bertz CT molecular complexity index is 329. The summed E-state index contributed by atoms with van der Waals surface area (Å²) in [5.74, 6) is 0. The van der Waals surface area contributed by atoms with Crippen LogP contribution in [0.2, 0.25) is 0 Å². The van der Waals surface area contributed by atoms with Gasteiger partial charge in [0.15, 0.2) is 0 Å². The van der Waals surface area contributed by atoms with E-state index in [-0.39, 0.29) is 5.60 Å². The molecule has 0 bridgehead atoms. The predicted molar refractivity (Wildman–Crippen MR) is 77.8 cm³/mol. The van der Waals surface area contributed by atoms with Crippen molar-refractivity contribution in [1.82, 2.24) is 5.32 Å². The summed E-state index contributed by atoms with van der Waals surface area (Å²) in [5.41, 5.74) is 2.61. The van der Waals surface area contributed by atoms with Crippen molar-refractivity contribution < 1.29 is 4.74 Å². The first kappa shape index (κ1) is 15.2. The Labute approximate surface area is 112 Å². The molecule has 2 heteroatoms. The maximum absolute atomic E-state index is 5.89. The normalized spacial score (nSPS) is 11.8. The lowest BCUT2D eigenvalue weighted by molar-refractivity contribution is -0.0316. The van der Waals surface area contributed by atoms with Gasteiger partial charge in [-0.2, -0.15) is 0 Å². The van der Waals surface area contributed by atoms with Crippen LogP contribution in [0.3, 0.4) is 0 Å². The Balaban J connectivity index is 2.40. The van der Waals surface area contributed by atoms with Crippen LogP contribution in [-0.2, 0) is 17.8 Å². The third-order valence-corrected chi connectivity index (χ3v) is 3.34. The highest BCUT2D eigenvalue weighted by molar-refractivity contribution is 5.22. The number of hydrogen-bond donors (Lipinski definition) is 1. The number of ether oxygens (including phenoxy) is 1. The van der Waals surface area contributed by atoms with E-state index in [1.54, 1.807) is 0 Å². The molecule has 1 aromatic rings. The van der Waals surface area contributed by atoms with E-state index in [9.17, 15) is 0 Å². The van der Waals surface area contributed by atoms with Gasteiger partial charge in [0.1, 0.15) is 0 Å². The predicted octanol–water partition coefficient (Wildman–Crippen LogP) is 3.54. The standard InChI is InChI=1S/C16H27NO/c1-5-16(3,4)18-13-15-9-7-14(8-10-15)11-12-17-6-2/h7-10,17H,5-6,11-13H2,1-4H3. The minimum Gasteiger partial charge on any atom is -0.371 e. The van der Waals surface area contributed by atoms with Crippen molar-refractivity contribution in [3.63, 3.8) is 0 Å². The molecule has 102 valence electrons. The fraction of sp³-hybridized carbons (Fsp3) is 0.625. The minimum atomic E-state index is -0.0241. The summed E-state index contributed by atoms with van der Waals surface area (Å²) < 4.78 is 5.89. The first-order valence-electron chi connectivity index (χ1n) is 7.00. The van der Waals surface area contributed by atoms with E-state index in [1.807, 2.05) is 0 Å². The van der Waals surface area contributed by atoms with Gasteiger partial charge in [0.05, 0.1) is 12.2 Å². The van der Waals surface area contributed by atoms with Gasteiger partial charge in [-0.25, -0.2) is 0 Å². The van der Waals surface area contributed by atoms with E-state index in [0.29, 0.717) is 6.61 Å². The van der Waals surface area contributed by atoms with Gasteiger partial charge in [0.25, 0.3) is 0 Å². The lowest BCUT2D eigenvalue weighted by atomic mass is 10.1. The van der Waals surface area contributed by atoms with Crippen LogP contribution in [0.25, 0.3) is 0 Å². The summed E-state index contributed by atoms with van der Waals surface area (Å²) in [6.45, 7) is 11.4. The van der Waals surface area contributed by atoms with Gasteiger partial charge in [-0.3, -0.25) is 0 Å². The maximum atomic E-state index is 5.89. The van der Waals surface area contributed by atoms with Crippen molar-refractivity contribution in [2.45, 2.75) is 52.7 Å². The van der Waals surface area contributed by atoms with Crippen LogP contribution < -0.4 is 5.32 Å². The Morgan fingerprint density at radius 3 is 2.22 bits per heavy atom. The Morgan fingerprint density at radius 2 is 1.67 bits per heavy atom. The first-order chi connectivity index (χ1) is 8.57. The molecular formula is C16H27NO. The molecule has 18 heavy (non-hydrogen) atoms. The smallest absolute Gasteiger partial charge is 0.0724 e. The molecule has 1 aromatic carbocycles. The van der Waals surface area contributed by atoms with Crippen molar-refractivity contribution in [3.8, 4) is 0 Å². The van der Waals surface area contributed by atoms with Crippen LogP contribution in [0.1, 0.15) is 45.2 Å². The van der Waals surface area contributed by atoms with Crippen molar-refractivity contribution in [1.29, 1.82) is 0 Å². The van der Waals surface area contributed by atoms with Crippen LogP contribution in [0.15, 0.2) is 24.3 Å². The molecule has 2 nitrogen and oxygen atoms in total. The Hall–Kier alpha value is -0.860. The second-order valence-corrected chi connectivity index (χ2v) is 5.32. The molecule has 0 saturated heterocycles. The topological polar surface area (TPSA) is 21.3 Å². The van der Waals surface area contributed by atoms with E-state index >= 15 is 0 Å². The molecule has 0 amide bonds. The Morgan fingerprint density at radius 1 is 1.06 bits per heavy atom. The second kappa shape index (κ2) is 7.55. The average Bonchev–Trinajstić information content (AvgIpc) is 2.38. The number of hydrogen-bond acceptors (Lipinski definition) is 2. The third-order valence-electron chi connectivity index (χ3n) is 3.34. The molecule has 0 aromatic heterocycles. The van der Waals surface area contributed by atoms with Gasteiger partial charge in [-0.1, -0.05) is 38.1 Å². The lowest BCUT2D eigenvalue weighted by Gasteiger charge is -2.23. The summed E-state index contributed by atoms with van der Waals surface area (Å²) in [5, 5.41) is 3.34. The SMILES string of the molecule is CCNCCc1ccc(COC(C)(C)CC)cc1. The van der Waals surface area contributed by atoms with Gasteiger partial charge in [-0.05, 0) is 50.9 Å². The van der Waals surface area contributed by atoms with Crippen molar-refractivity contribution in [2.24, 2.45) is 0 Å². The lowest BCUT2D eigenvalue weighted by Crippen LogP contribution is -2.22. The second-order valence-electron chi connectivity index (χ2n) is 5.32. The zero-order chi connectivity index (χ0) is 13.4. The van der Waals surface area contributed by atoms with Crippen molar-refractivity contribution in [2.75, 3.05) is 13.1 Å². The van der Waals surface area contributed by atoms with Crippen LogP contribution in [0.4, 0.5) is 0 Å². The minimum absolute atomic E-state index is 0.0241. The van der Waals surface area contributed by atoms with Crippen LogP contribution in [-0.4, -0.2) is 18.7 Å². The first-order valence-corrected chi connectivity index (χ1v) is 7.00. The molecule has 1 rings (SSSR count). The molecule has 1 N–H and O–H groups in total. The van der Waals surface area contributed by atoms with Gasteiger partial charge < -0.3 is 10.1 Å². The Kier molecular flexibility index (Phi) is 6.37. The maximum Gasteiger partial charge on any atom is 0.0724 e. The fourth-order valence-electron chi connectivity index (χ4n) is 1.59. The zero-order valence-corrected chi connectivity index (χ0v) is 12.3. The quantitative estimate of drug-likeness (QED) is 0.711. The van der Waals surface area contributed by atoms with E-state index in [0.717, 1.165) is 25.9 Å². The molecule has 0 aliphatic heterocycles. The monoisotopic (exact) mass is 249 g/mol. The zero-order valence-electron chi connectivity index (χ0n) is 12.3. The average molecular weight is 249 g/mol. The van der Waals surface area contributed by atoms with Gasteiger partial charge in [0.2, 0.25) is 0 Å². The van der Waals surface area contributed by atoms with Gasteiger partial charge in [-0.15, -0.1) is 0 Å². The molecule has 0 atom stereocenters. The van der Waals surface area contributed by atoms with Crippen molar-refractivity contribution in [3.05, 3.63) is 35.4 Å². The molecule has 0 fully saturated rings. The molecule has 0 radical (unpaired) electrons. The summed E-state index contributed by atoms with van der Waals surface area (Å²) >= 11 is 0. The van der Waals surface area contributed by atoms with Gasteiger partial charge in [0, 0.05) is 0 Å². The molecule has 0 unspecified atom stereocenters. The van der Waals surface area contributed by atoms with E-state index in [2.05, 4.69) is 57.3 Å². The number of rotatable bonds is 8. The molecule has 0 spiro atoms. The number of nitrogens with one attached hydrogen (secondary N) is 1. The van der Waals surface area contributed by atoms with E-state index < -0.39 is 0 Å². The van der Waals surface area contributed by atoms with Crippen LogP contribution in [0, 0.1) is 0 Å².